The summed E-state index contributed by atoms with van der Waals surface area (Å²) in [6.45, 7) is 2.85. The maximum atomic E-state index is 12.3. The number of hydrogen-bond acceptors (Lipinski definition) is 5. The van der Waals surface area contributed by atoms with Crippen molar-refractivity contribution in [3.8, 4) is 17.2 Å². The first-order chi connectivity index (χ1) is 14.7. The summed E-state index contributed by atoms with van der Waals surface area (Å²) in [7, 11) is 0. The summed E-state index contributed by atoms with van der Waals surface area (Å²) in [5, 5.41) is 11.9. The highest BCUT2D eigenvalue weighted by Gasteiger charge is 2.09. The van der Waals surface area contributed by atoms with Crippen LogP contribution in [0.3, 0.4) is 0 Å². The molecule has 156 valence electrons. The Balaban J connectivity index is 1.50. The Labute approximate surface area is 176 Å². The third-order valence-corrected chi connectivity index (χ3v) is 4.50. The SMILES string of the molecule is CCCCCCOc1ccc(C(=O)Oc2ccc(OC([O-])=C3C=CC=C3)cc2)cc1. The Hall–Kier alpha value is -3.47. The zero-order valence-corrected chi connectivity index (χ0v) is 17.0. The van der Waals surface area contributed by atoms with E-state index in [-0.39, 0.29) is 0 Å². The van der Waals surface area contributed by atoms with E-state index in [0.29, 0.717) is 29.2 Å². The molecule has 0 spiro atoms. The highest BCUT2D eigenvalue weighted by Crippen LogP contribution is 2.22. The molecule has 0 radical (unpaired) electrons. The Morgan fingerprint density at radius 2 is 1.40 bits per heavy atom. The summed E-state index contributed by atoms with van der Waals surface area (Å²) in [6, 6.07) is 13.2. The van der Waals surface area contributed by atoms with E-state index in [1.165, 1.54) is 12.8 Å². The molecule has 0 amide bonds. The van der Waals surface area contributed by atoms with Gasteiger partial charge in [-0.2, -0.15) is 0 Å². The second-order valence-corrected chi connectivity index (χ2v) is 6.86. The van der Waals surface area contributed by atoms with Crippen LogP contribution < -0.4 is 19.3 Å². The van der Waals surface area contributed by atoms with Crippen LogP contribution in [0, 0.1) is 0 Å². The van der Waals surface area contributed by atoms with E-state index in [0.717, 1.165) is 18.6 Å². The van der Waals surface area contributed by atoms with Crippen LogP contribution in [-0.2, 0) is 0 Å². The normalized spacial score (nSPS) is 12.1. The fraction of sp³-hybridized carbons (Fsp3) is 0.240. The monoisotopic (exact) mass is 405 g/mol. The van der Waals surface area contributed by atoms with Crippen molar-refractivity contribution in [2.24, 2.45) is 0 Å². The molecule has 0 heterocycles. The Bertz CT molecular complexity index is 907. The third kappa shape index (κ3) is 6.27. The van der Waals surface area contributed by atoms with Crippen molar-refractivity contribution in [3.05, 3.63) is 89.9 Å². The molecular formula is C25H25O5-. The van der Waals surface area contributed by atoms with Gasteiger partial charge >= 0.3 is 5.97 Å². The first-order valence-electron chi connectivity index (χ1n) is 10.1. The van der Waals surface area contributed by atoms with Gasteiger partial charge in [0.05, 0.1) is 18.1 Å². The van der Waals surface area contributed by atoms with E-state index in [1.54, 1.807) is 72.8 Å². The zero-order chi connectivity index (χ0) is 21.2. The van der Waals surface area contributed by atoms with Gasteiger partial charge in [-0.1, -0.05) is 50.5 Å². The van der Waals surface area contributed by atoms with Gasteiger partial charge in [0.15, 0.2) is 0 Å². The van der Waals surface area contributed by atoms with E-state index in [4.69, 9.17) is 14.2 Å². The second-order valence-electron chi connectivity index (χ2n) is 6.86. The molecule has 5 heteroatoms. The first-order valence-corrected chi connectivity index (χ1v) is 10.1. The van der Waals surface area contributed by atoms with Crippen molar-refractivity contribution in [2.75, 3.05) is 6.61 Å². The van der Waals surface area contributed by atoms with Crippen LogP contribution in [0.1, 0.15) is 43.0 Å². The van der Waals surface area contributed by atoms with E-state index >= 15 is 0 Å². The Kier molecular flexibility index (Phi) is 7.72. The minimum Gasteiger partial charge on any atom is -0.579 e. The fourth-order valence-corrected chi connectivity index (χ4v) is 2.82. The predicted octanol–water partition coefficient (Wildman–Crippen LogP) is 4.94. The van der Waals surface area contributed by atoms with Crippen LogP contribution in [0.25, 0.3) is 0 Å². The quantitative estimate of drug-likeness (QED) is 0.242. The van der Waals surface area contributed by atoms with Crippen molar-refractivity contribution in [1.29, 1.82) is 0 Å². The number of ether oxygens (including phenoxy) is 3. The fourth-order valence-electron chi connectivity index (χ4n) is 2.82. The van der Waals surface area contributed by atoms with Crippen LogP contribution in [0.5, 0.6) is 17.2 Å². The lowest BCUT2D eigenvalue weighted by atomic mass is 10.2. The summed E-state index contributed by atoms with van der Waals surface area (Å²) >= 11 is 0. The molecule has 0 bridgehead atoms. The van der Waals surface area contributed by atoms with Crippen LogP contribution in [0.4, 0.5) is 0 Å². The van der Waals surface area contributed by atoms with E-state index < -0.39 is 11.9 Å². The van der Waals surface area contributed by atoms with Gasteiger partial charge in [-0.25, -0.2) is 4.79 Å². The number of rotatable bonds is 10. The number of esters is 1. The summed E-state index contributed by atoms with van der Waals surface area (Å²) in [5.74, 6) is 0.577. The minimum absolute atomic E-state index is 0.365. The zero-order valence-electron chi connectivity index (χ0n) is 17.0. The number of hydrogen-bond donors (Lipinski definition) is 0. The maximum absolute atomic E-state index is 12.3. The number of benzene rings is 2. The molecular weight excluding hydrogens is 380 g/mol. The number of carbonyl (C=O) groups excluding carboxylic acids is 1. The lowest BCUT2D eigenvalue weighted by Gasteiger charge is -2.17. The molecule has 2 aromatic carbocycles. The highest BCUT2D eigenvalue weighted by atomic mass is 16.6. The number of allylic oxidation sites excluding steroid dienone is 5. The summed E-state index contributed by atoms with van der Waals surface area (Å²) in [5.41, 5.74) is 0.916. The lowest BCUT2D eigenvalue weighted by molar-refractivity contribution is -0.343. The van der Waals surface area contributed by atoms with Crippen LogP contribution in [0.2, 0.25) is 0 Å². The van der Waals surface area contributed by atoms with Gasteiger partial charge in [0.25, 0.3) is 0 Å². The van der Waals surface area contributed by atoms with Crippen molar-refractivity contribution < 1.29 is 24.1 Å². The van der Waals surface area contributed by atoms with Gasteiger partial charge in [0.2, 0.25) is 0 Å². The summed E-state index contributed by atoms with van der Waals surface area (Å²) in [4.78, 5) is 12.3. The lowest BCUT2D eigenvalue weighted by Crippen LogP contribution is -2.13. The predicted molar refractivity (Wildman–Crippen MR) is 113 cm³/mol. The molecule has 0 aromatic heterocycles. The minimum atomic E-state index is -0.467. The molecule has 2 aromatic rings. The molecule has 1 aliphatic rings. The Morgan fingerprint density at radius 1 is 0.800 bits per heavy atom. The van der Waals surface area contributed by atoms with Gasteiger partial charge in [-0.3, -0.25) is 0 Å². The summed E-state index contributed by atoms with van der Waals surface area (Å²) < 4.78 is 16.3. The highest BCUT2D eigenvalue weighted by molar-refractivity contribution is 5.91. The van der Waals surface area contributed by atoms with Crippen LogP contribution >= 0.6 is 0 Å². The topological polar surface area (TPSA) is 67.8 Å². The smallest absolute Gasteiger partial charge is 0.343 e. The average molecular weight is 405 g/mol. The largest absolute Gasteiger partial charge is 0.579 e. The van der Waals surface area contributed by atoms with E-state index in [9.17, 15) is 9.90 Å². The second kappa shape index (κ2) is 10.9. The molecule has 0 atom stereocenters. The van der Waals surface area contributed by atoms with Crippen molar-refractivity contribution >= 4 is 5.97 Å². The molecule has 0 saturated heterocycles. The first kappa shape index (κ1) is 21.2. The van der Waals surface area contributed by atoms with E-state index in [2.05, 4.69) is 6.92 Å². The molecule has 3 rings (SSSR count). The van der Waals surface area contributed by atoms with Crippen LogP contribution in [0.15, 0.2) is 84.4 Å². The van der Waals surface area contributed by atoms with Crippen molar-refractivity contribution in [2.45, 2.75) is 32.6 Å². The van der Waals surface area contributed by atoms with Gasteiger partial charge in [0, 0.05) is 5.75 Å². The number of unbranched alkanes of at least 4 members (excludes halogenated alkanes) is 3. The van der Waals surface area contributed by atoms with E-state index in [1.807, 2.05) is 0 Å². The van der Waals surface area contributed by atoms with Gasteiger partial charge in [0.1, 0.15) is 11.5 Å². The van der Waals surface area contributed by atoms with Gasteiger partial charge in [-0.15, -0.1) is 0 Å². The van der Waals surface area contributed by atoms with Crippen molar-refractivity contribution in [3.63, 3.8) is 0 Å². The molecule has 0 unspecified atom stereocenters. The standard InChI is InChI=1S/C25H26O5/c1-2-3-4-7-18-28-21-12-10-20(11-13-21)25(27)30-23-16-14-22(15-17-23)29-24(26)19-8-5-6-9-19/h5-6,8-17,26H,2-4,7,18H2,1H3/p-1. The van der Waals surface area contributed by atoms with Crippen molar-refractivity contribution in [1.82, 2.24) is 0 Å². The molecule has 5 nitrogen and oxygen atoms in total. The third-order valence-electron chi connectivity index (χ3n) is 4.50. The Morgan fingerprint density at radius 3 is 2.03 bits per heavy atom. The van der Waals surface area contributed by atoms with Gasteiger partial charge < -0.3 is 19.3 Å². The summed E-state index contributed by atoms with van der Waals surface area (Å²) in [6.07, 6.45) is 11.5. The molecule has 0 aliphatic heterocycles. The molecule has 0 N–H and O–H groups in total. The molecule has 30 heavy (non-hydrogen) atoms. The van der Waals surface area contributed by atoms with Gasteiger partial charge in [-0.05, 0) is 60.5 Å². The molecule has 1 aliphatic carbocycles. The molecule has 0 saturated carbocycles. The molecule has 0 fully saturated rings. The maximum Gasteiger partial charge on any atom is 0.343 e. The average Bonchev–Trinajstić information content (AvgIpc) is 3.30. The van der Waals surface area contributed by atoms with Crippen LogP contribution in [-0.4, -0.2) is 12.6 Å². The number of carbonyl (C=O) groups is 1.